The highest BCUT2D eigenvalue weighted by atomic mass is 32.2. The summed E-state index contributed by atoms with van der Waals surface area (Å²) in [6.45, 7) is 4.28. The van der Waals surface area contributed by atoms with Gasteiger partial charge in [0.25, 0.3) is 0 Å². The highest BCUT2D eigenvalue weighted by Gasteiger charge is 2.02. The zero-order valence-corrected chi connectivity index (χ0v) is 9.73. The first-order chi connectivity index (χ1) is 6.38. The second-order valence-corrected chi connectivity index (χ2v) is 6.34. The maximum absolute atomic E-state index is 11.2. The molecule has 0 saturated heterocycles. The van der Waals surface area contributed by atoms with Crippen LogP contribution in [0.25, 0.3) is 0 Å². The molecule has 0 bridgehead atoms. The molecule has 1 aromatic carbocycles. The van der Waals surface area contributed by atoms with E-state index in [9.17, 15) is 4.21 Å². The van der Waals surface area contributed by atoms with Crippen molar-refractivity contribution in [2.24, 2.45) is 0 Å². The minimum atomic E-state index is -2.41. The van der Waals surface area contributed by atoms with Crippen molar-refractivity contribution >= 4 is 9.73 Å². The first-order valence-electron chi connectivity index (χ1n) is 4.69. The Morgan fingerprint density at radius 2 is 1.79 bits per heavy atom. The van der Waals surface area contributed by atoms with E-state index < -0.39 is 9.73 Å². The van der Waals surface area contributed by atoms with Crippen LogP contribution in [0.5, 0.6) is 0 Å². The fraction of sp³-hybridized carbons (Fsp3) is 0.455. The van der Waals surface area contributed by atoms with Crippen LogP contribution in [-0.4, -0.2) is 10.5 Å². The van der Waals surface area contributed by atoms with Gasteiger partial charge in [-0.15, -0.1) is 0 Å². The van der Waals surface area contributed by atoms with Gasteiger partial charge in [0.05, 0.1) is 5.75 Å². The summed E-state index contributed by atoms with van der Waals surface area (Å²) in [6.07, 6.45) is 1.48. The Kier molecular flexibility index (Phi) is 3.32. The van der Waals surface area contributed by atoms with Gasteiger partial charge in [0.15, 0.2) is 0 Å². The van der Waals surface area contributed by atoms with Crippen LogP contribution in [0.15, 0.2) is 24.3 Å². The maximum atomic E-state index is 11.2. The summed E-state index contributed by atoms with van der Waals surface area (Å²) in [5.41, 5.74) is 2.26. The number of nitrogens with one attached hydrogen (secondary N) is 1. The van der Waals surface area contributed by atoms with Gasteiger partial charge in [-0.2, -0.15) is 0 Å². The zero-order chi connectivity index (χ0) is 10.8. The predicted octanol–water partition coefficient (Wildman–Crippen LogP) is 2.99. The Balaban J connectivity index is 2.84. The molecule has 0 aromatic heterocycles. The van der Waals surface area contributed by atoms with E-state index in [2.05, 4.69) is 13.8 Å². The third kappa shape index (κ3) is 3.50. The monoisotopic (exact) mass is 211 g/mol. The van der Waals surface area contributed by atoms with Gasteiger partial charge < -0.3 is 0 Å². The highest BCUT2D eigenvalue weighted by molar-refractivity contribution is 7.90. The average Bonchev–Trinajstić information content (AvgIpc) is 2.02. The topological polar surface area (TPSA) is 40.9 Å². The third-order valence-corrected chi connectivity index (χ3v) is 2.97. The van der Waals surface area contributed by atoms with Crippen molar-refractivity contribution in [3.8, 4) is 0 Å². The lowest BCUT2D eigenvalue weighted by molar-refractivity contribution is 0.678. The van der Waals surface area contributed by atoms with E-state index in [1.165, 1.54) is 11.8 Å². The second-order valence-electron chi connectivity index (χ2n) is 4.05. The van der Waals surface area contributed by atoms with Gasteiger partial charge in [-0.25, -0.2) is 4.21 Å². The van der Waals surface area contributed by atoms with E-state index in [0.717, 1.165) is 5.56 Å². The molecule has 0 spiro atoms. The van der Waals surface area contributed by atoms with Crippen molar-refractivity contribution < 1.29 is 4.21 Å². The first kappa shape index (κ1) is 11.2. The van der Waals surface area contributed by atoms with Crippen molar-refractivity contribution in [1.82, 2.24) is 0 Å². The van der Waals surface area contributed by atoms with Gasteiger partial charge in [0.1, 0.15) is 0 Å². The fourth-order valence-electron chi connectivity index (χ4n) is 1.32. The largest absolute Gasteiger partial charge is 0.253 e. The lowest BCUT2D eigenvalue weighted by Crippen LogP contribution is -1.99. The van der Waals surface area contributed by atoms with Crippen molar-refractivity contribution in [3.05, 3.63) is 35.4 Å². The van der Waals surface area contributed by atoms with Crippen LogP contribution < -0.4 is 0 Å². The molecule has 0 amide bonds. The fourth-order valence-corrected chi connectivity index (χ4v) is 2.15. The molecule has 2 nitrogen and oxygen atoms in total. The summed E-state index contributed by atoms with van der Waals surface area (Å²) >= 11 is 0. The second kappa shape index (κ2) is 4.13. The Hall–Kier alpha value is -0.830. The first-order valence-corrected chi connectivity index (χ1v) is 6.82. The molecule has 0 radical (unpaired) electrons. The summed E-state index contributed by atoms with van der Waals surface area (Å²) < 4.78 is 18.6. The molecular weight excluding hydrogens is 194 g/mol. The van der Waals surface area contributed by atoms with E-state index in [1.807, 2.05) is 24.3 Å². The molecule has 0 heterocycles. The Bertz CT molecular complexity index is 390. The van der Waals surface area contributed by atoms with Crippen LogP contribution in [-0.2, 0) is 15.5 Å². The molecule has 0 fully saturated rings. The number of rotatable bonds is 3. The Morgan fingerprint density at radius 1 is 1.29 bits per heavy atom. The molecule has 1 N–H and O–H groups in total. The van der Waals surface area contributed by atoms with Gasteiger partial charge in [-0.1, -0.05) is 38.1 Å². The van der Waals surface area contributed by atoms with Crippen molar-refractivity contribution in [2.45, 2.75) is 25.5 Å². The molecule has 0 aliphatic rings. The van der Waals surface area contributed by atoms with Crippen LogP contribution >= 0.6 is 0 Å². The SMILES string of the molecule is CC(C)c1ccc(CS(C)(=N)=O)cc1. The van der Waals surface area contributed by atoms with E-state index in [1.54, 1.807) is 0 Å². The lowest BCUT2D eigenvalue weighted by atomic mass is 10.0. The van der Waals surface area contributed by atoms with Gasteiger partial charge in [-0.3, -0.25) is 4.78 Å². The summed E-state index contributed by atoms with van der Waals surface area (Å²) in [5, 5.41) is 0. The molecule has 1 unspecified atom stereocenters. The minimum absolute atomic E-state index is 0.353. The summed E-state index contributed by atoms with van der Waals surface area (Å²) in [7, 11) is -2.41. The molecule has 0 saturated carbocycles. The van der Waals surface area contributed by atoms with Crippen LogP contribution in [0.3, 0.4) is 0 Å². The van der Waals surface area contributed by atoms with E-state index in [-0.39, 0.29) is 0 Å². The predicted molar refractivity (Wildman–Crippen MR) is 61.0 cm³/mol. The van der Waals surface area contributed by atoms with Gasteiger partial charge in [-0.05, 0) is 17.0 Å². The summed E-state index contributed by atoms with van der Waals surface area (Å²) in [6, 6.07) is 8.02. The van der Waals surface area contributed by atoms with Crippen molar-refractivity contribution in [2.75, 3.05) is 6.26 Å². The molecule has 1 aromatic rings. The molecule has 0 aliphatic heterocycles. The number of benzene rings is 1. The van der Waals surface area contributed by atoms with Crippen LogP contribution in [0.1, 0.15) is 30.9 Å². The molecule has 0 aliphatic carbocycles. The third-order valence-electron chi connectivity index (χ3n) is 2.09. The average molecular weight is 211 g/mol. The highest BCUT2D eigenvalue weighted by Crippen LogP contribution is 2.15. The molecule has 14 heavy (non-hydrogen) atoms. The summed E-state index contributed by atoms with van der Waals surface area (Å²) in [5.74, 6) is 0.872. The molecule has 1 atom stereocenters. The minimum Gasteiger partial charge on any atom is -0.253 e. The van der Waals surface area contributed by atoms with Crippen molar-refractivity contribution in [3.63, 3.8) is 0 Å². The zero-order valence-electron chi connectivity index (χ0n) is 8.91. The molecular formula is C11H17NOS. The molecule has 1 rings (SSSR count). The quantitative estimate of drug-likeness (QED) is 0.820. The van der Waals surface area contributed by atoms with E-state index in [0.29, 0.717) is 11.7 Å². The van der Waals surface area contributed by atoms with Crippen LogP contribution in [0, 0.1) is 4.78 Å². The van der Waals surface area contributed by atoms with E-state index in [4.69, 9.17) is 4.78 Å². The Morgan fingerprint density at radius 3 is 2.14 bits per heavy atom. The number of hydrogen-bond acceptors (Lipinski definition) is 2. The lowest BCUT2D eigenvalue weighted by Gasteiger charge is -2.06. The van der Waals surface area contributed by atoms with E-state index >= 15 is 0 Å². The van der Waals surface area contributed by atoms with Gasteiger partial charge >= 0.3 is 0 Å². The Labute approximate surface area is 86.3 Å². The van der Waals surface area contributed by atoms with Gasteiger partial charge in [0, 0.05) is 16.0 Å². The van der Waals surface area contributed by atoms with Crippen LogP contribution in [0.4, 0.5) is 0 Å². The van der Waals surface area contributed by atoms with Crippen molar-refractivity contribution in [1.29, 1.82) is 4.78 Å². The standard InChI is InChI=1S/C11H17NOS/c1-9(2)11-6-4-10(5-7-11)8-14(3,12)13/h4-7,9,12H,8H2,1-3H3. The molecule has 78 valence electrons. The normalized spacial score (nSPS) is 15.4. The maximum Gasteiger partial charge on any atom is 0.0563 e. The smallest absolute Gasteiger partial charge is 0.0563 e. The molecule has 3 heteroatoms. The number of hydrogen-bond donors (Lipinski definition) is 1. The van der Waals surface area contributed by atoms with Crippen LogP contribution in [0.2, 0.25) is 0 Å². The van der Waals surface area contributed by atoms with Gasteiger partial charge in [0.2, 0.25) is 0 Å². The summed E-state index contributed by atoms with van der Waals surface area (Å²) in [4.78, 5) is 0.